The lowest BCUT2D eigenvalue weighted by molar-refractivity contribution is 0.616. The summed E-state index contributed by atoms with van der Waals surface area (Å²) < 4.78 is 13.5. The van der Waals surface area contributed by atoms with Gasteiger partial charge in [0.2, 0.25) is 0 Å². The monoisotopic (exact) mass is 264 g/mol. The minimum absolute atomic E-state index is 0.153. The Labute approximate surface area is 111 Å². The van der Waals surface area contributed by atoms with E-state index >= 15 is 0 Å². The smallest absolute Gasteiger partial charge is 0.142 e. The van der Waals surface area contributed by atoms with Gasteiger partial charge >= 0.3 is 0 Å². The van der Waals surface area contributed by atoms with Crippen molar-refractivity contribution in [1.82, 2.24) is 10.3 Å². The molecule has 0 aliphatic carbocycles. The highest BCUT2D eigenvalue weighted by molar-refractivity contribution is 6.31. The second-order valence-corrected chi connectivity index (χ2v) is 4.47. The lowest BCUT2D eigenvalue weighted by Gasteiger charge is -2.20. The average Bonchev–Trinajstić information content (AvgIpc) is 2.37. The van der Waals surface area contributed by atoms with E-state index in [0.29, 0.717) is 0 Å². The third-order valence-corrected chi connectivity index (χ3v) is 3.37. The highest BCUT2D eigenvalue weighted by Crippen LogP contribution is 2.30. The standard InChI is InChI=1S/C14H14ClFN2/c1-9-6-7-18-8-11(9)14(17-2)10-4-3-5-12(16)13(10)15/h3-8,14,17H,1-2H3. The maximum Gasteiger partial charge on any atom is 0.142 e. The minimum atomic E-state index is -0.407. The molecule has 0 saturated heterocycles. The van der Waals surface area contributed by atoms with Crippen molar-refractivity contribution in [3.8, 4) is 0 Å². The van der Waals surface area contributed by atoms with Gasteiger partial charge in [-0.25, -0.2) is 4.39 Å². The molecule has 0 bridgehead atoms. The Balaban J connectivity index is 2.53. The Morgan fingerprint density at radius 3 is 2.72 bits per heavy atom. The molecule has 0 radical (unpaired) electrons. The topological polar surface area (TPSA) is 24.9 Å². The SMILES string of the molecule is CNC(c1cnccc1C)c1cccc(F)c1Cl. The summed E-state index contributed by atoms with van der Waals surface area (Å²) in [6.45, 7) is 1.99. The molecule has 2 nitrogen and oxygen atoms in total. The Morgan fingerprint density at radius 1 is 1.28 bits per heavy atom. The number of rotatable bonds is 3. The van der Waals surface area contributed by atoms with Gasteiger partial charge in [0.15, 0.2) is 0 Å². The molecule has 94 valence electrons. The van der Waals surface area contributed by atoms with Crippen LogP contribution < -0.4 is 5.32 Å². The second-order valence-electron chi connectivity index (χ2n) is 4.10. The first-order valence-electron chi connectivity index (χ1n) is 5.67. The van der Waals surface area contributed by atoms with Crippen LogP contribution in [-0.2, 0) is 0 Å². The van der Waals surface area contributed by atoms with Crippen LogP contribution in [0.1, 0.15) is 22.7 Å². The van der Waals surface area contributed by atoms with E-state index in [9.17, 15) is 4.39 Å². The van der Waals surface area contributed by atoms with Gasteiger partial charge in [0.1, 0.15) is 5.82 Å². The largest absolute Gasteiger partial charge is 0.309 e. The zero-order valence-corrected chi connectivity index (χ0v) is 11.0. The molecular formula is C14H14ClFN2. The Bertz CT molecular complexity index is 557. The van der Waals surface area contributed by atoms with Crippen LogP contribution in [0.3, 0.4) is 0 Å². The molecule has 0 amide bonds. The van der Waals surface area contributed by atoms with Gasteiger partial charge in [-0.05, 0) is 42.8 Å². The van der Waals surface area contributed by atoms with E-state index in [-0.39, 0.29) is 11.1 Å². The van der Waals surface area contributed by atoms with E-state index in [2.05, 4.69) is 10.3 Å². The molecule has 0 aliphatic heterocycles. The van der Waals surface area contributed by atoms with Crippen molar-refractivity contribution < 1.29 is 4.39 Å². The maximum atomic E-state index is 13.5. The fourth-order valence-corrected chi connectivity index (χ4v) is 2.24. The van der Waals surface area contributed by atoms with Crippen LogP contribution in [0, 0.1) is 12.7 Å². The molecular weight excluding hydrogens is 251 g/mol. The number of nitrogens with zero attached hydrogens (tertiary/aromatic N) is 1. The van der Waals surface area contributed by atoms with E-state index in [4.69, 9.17) is 11.6 Å². The van der Waals surface area contributed by atoms with Crippen LogP contribution in [0.5, 0.6) is 0 Å². The number of hydrogen-bond donors (Lipinski definition) is 1. The molecule has 2 rings (SSSR count). The minimum Gasteiger partial charge on any atom is -0.309 e. The number of nitrogens with one attached hydrogen (secondary N) is 1. The fraction of sp³-hybridized carbons (Fsp3) is 0.214. The van der Waals surface area contributed by atoms with Crippen molar-refractivity contribution >= 4 is 11.6 Å². The van der Waals surface area contributed by atoms with Crippen molar-refractivity contribution in [2.45, 2.75) is 13.0 Å². The van der Waals surface area contributed by atoms with Gasteiger partial charge in [-0.2, -0.15) is 0 Å². The van der Waals surface area contributed by atoms with E-state index in [1.807, 2.05) is 26.1 Å². The van der Waals surface area contributed by atoms with Crippen LogP contribution >= 0.6 is 11.6 Å². The Morgan fingerprint density at radius 2 is 2.06 bits per heavy atom. The van der Waals surface area contributed by atoms with Crippen molar-refractivity contribution in [3.63, 3.8) is 0 Å². The molecule has 0 aliphatic rings. The lowest BCUT2D eigenvalue weighted by Crippen LogP contribution is -2.19. The van der Waals surface area contributed by atoms with Gasteiger partial charge in [0.25, 0.3) is 0 Å². The molecule has 0 saturated carbocycles. The molecule has 1 N–H and O–H groups in total. The third-order valence-electron chi connectivity index (χ3n) is 2.97. The molecule has 0 spiro atoms. The van der Waals surface area contributed by atoms with Crippen LogP contribution in [0.2, 0.25) is 5.02 Å². The fourth-order valence-electron chi connectivity index (χ4n) is 2.00. The summed E-state index contributed by atoms with van der Waals surface area (Å²) in [5.74, 6) is -0.407. The predicted molar refractivity (Wildman–Crippen MR) is 71.3 cm³/mol. The normalized spacial score (nSPS) is 12.4. The molecule has 1 heterocycles. The van der Waals surface area contributed by atoms with Gasteiger partial charge in [0.05, 0.1) is 11.1 Å². The van der Waals surface area contributed by atoms with Crippen molar-refractivity contribution in [2.24, 2.45) is 0 Å². The van der Waals surface area contributed by atoms with Crippen LogP contribution in [0.25, 0.3) is 0 Å². The van der Waals surface area contributed by atoms with E-state index in [0.717, 1.165) is 16.7 Å². The summed E-state index contributed by atoms with van der Waals surface area (Å²) in [7, 11) is 1.82. The predicted octanol–water partition coefficient (Wildman–Crippen LogP) is 3.49. The summed E-state index contributed by atoms with van der Waals surface area (Å²) >= 11 is 6.03. The molecule has 18 heavy (non-hydrogen) atoms. The lowest BCUT2D eigenvalue weighted by atomic mass is 9.97. The molecule has 1 atom stereocenters. The number of aromatic nitrogens is 1. The number of halogens is 2. The summed E-state index contributed by atoms with van der Waals surface area (Å²) in [6.07, 6.45) is 3.51. The van der Waals surface area contributed by atoms with Gasteiger partial charge in [0, 0.05) is 12.4 Å². The summed E-state index contributed by atoms with van der Waals surface area (Å²) in [5, 5.41) is 3.31. The first-order chi connectivity index (χ1) is 8.65. The molecule has 4 heteroatoms. The number of aryl methyl sites for hydroxylation is 1. The summed E-state index contributed by atoms with van der Waals surface area (Å²) in [4.78, 5) is 4.12. The Kier molecular flexibility index (Phi) is 3.94. The molecule has 0 fully saturated rings. The zero-order valence-electron chi connectivity index (χ0n) is 10.2. The van der Waals surface area contributed by atoms with Gasteiger partial charge in [-0.3, -0.25) is 4.98 Å². The van der Waals surface area contributed by atoms with E-state index in [1.165, 1.54) is 6.07 Å². The first-order valence-corrected chi connectivity index (χ1v) is 6.04. The highest BCUT2D eigenvalue weighted by Gasteiger charge is 2.18. The molecule has 1 aromatic carbocycles. The van der Waals surface area contributed by atoms with Crippen molar-refractivity contribution in [3.05, 3.63) is 64.2 Å². The summed E-state index contributed by atoms with van der Waals surface area (Å²) in [6, 6.07) is 6.59. The molecule has 2 aromatic rings. The summed E-state index contributed by atoms with van der Waals surface area (Å²) in [5.41, 5.74) is 2.80. The van der Waals surface area contributed by atoms with Crippen molar-refractivity contribution in [2.75, 3.05) is 7.05 Å². The highest BCUT2D eigenvalue weighted by atomic mass is 35.5. The van der Waals surface area contributed by atoms with Crippen molar-refractivity contribution in [1.29, 1.82) is 0 Å². The molecule has 1 aromatic heterocycles. The van der Waals surface area contributed by atoms with Gasteiger partial charge in [-0.15, -0.1) is 0 Å². The van der Waals surface area contributed by atoms with Crippen LogP contribution in [0.15, 0.2) is 36.7 Å². The quantitative estimate of drug-likeness (QED) is 0.918. The van der Waals surface area contributed by atoms with Crippen LogP contribution in [0.4, 0.5) is 4.39 Å². The zero-order chi connectivity index (χ0) is 13.1. The molecule has 1 unspecified atom stereocenters. The van der Waals surface area contributed by atoms with Gasteiger partial charge in [-0.1, -0.05) is 23.7 Å². The number of pyridine rings is 1. The average molecular weight is 265 g/mol. The van der Waals surface area contributed by atoms with E-state index in [1.54, 1.807) is 18.5 Å². The van der Waals surface area contributed by atoms with E-state index < -0.39 is 5.82 Å². The second kappa shape index (κ2) is 5.46. The maximum absolute atomic E-state index is 13.5. The number of benzene rings is 1. The van der Waals surface area contributed by atoms with Crippen LogP contribution in [-0.4, -0.2) is 12.0 Å². The third kappa shape index (κ3) is 2.37. The Hall–Kier alpha value is -1.45. The first kappa shape index (κ1) is 13.0. The van der Waals surface area contributed by atoms with Gasteiger partial charge < -0.3 is 5.32 Å². The number of hydrogen-bond acceptors (Lipinski definition) is 2.